The number of hydrogen-bond donors (Lipinski definition) is 0. The Hall–Kier alpha value is -1.06. The zero-order valence-corrected chi connectivity index (χ0v) is 4.98. The summed E-state index contributed by atoms with van der Waals surface area (Å²) in [4.78, 5) is 16.0. The summed E-state index contributed by atoms with van der Waals surface area (Å²) >= 11 is 0.705. The van der Waals surface area contributed by atoms with Gasteiger partial charge in [-0.3, -0.25) is 0 Å². The molecule has 0 aromatic carbocycles. The average molecular weight is 144 g/mol. The van der Waals surface area contributed by atoms with Gasteiger partial charge in [-0.2, -0.15) is 4.39 Å². The maximum atomic E-state index is 12.0. The SMILES string of the molecule is O=C=Nc1ncc(F)s1. The number of halogens is 1. The summed E-state index contributed by atoms with van der Waals surface area (Å²) in [5.41, 5.74) is 0. The third-order valence-corrected chi connectivity index (χ3v) is 1.29. The Morgan fingerprint density at radius 1 is 1.89 bits per heavy atom. The van der Waals surface area contributed by atoms with E-state index in [1.165, 1.54) is 6.08 Å². The van der Waals surface area contributed by atoms with Gasteiger partial charge in [0.1, 0.15) is 0 Å². The Labute approximate surface area is 53.9 Å². The molecule has 46 valence electrons. The average Bonchev–Trinajstić information content (AvgIpc) is 2.17. The summed E-state index contributed by atoms with van der Waals surface area (Å²) in [6, 6.07) is 0. The van der Waals surface area contributed by atoms with Crippen molar-refractivity contribution in [3.05, 3.63) is 11.3 Å². The lowest BCUT2D eigenvalue weighted by molar-refractivity contribution is 0.565. The van der Waals surface area contributed by atoms with E-state index in [2.05, 4.69) is 9.98 Å². The van der Waals surface area contributed by atoms with Gasteiger partial charge in [-0.25, -0.2) is 9.78 Å². The third-order valence-electron chi connectivity index (χ3n) is 0.607. The van der Waals surface area contributed by atoms with Crippen molar-refractivity contribution >= 4 is 22.5 Å². The molecule has 0 aliphatic rings. The first-order chi connectivity index (χ1) is 4.33. The van der Waals surface area contributed by atoms with Gasteiger partial charge >= 0.3 is 0 Å². The maximum Gasteiger partial charge on any atom is 0.242 e. The van der Waals surface area contributed by atoms with Crippen LogP contribution in [0.25, 0.3) is 0 Å². The van der Waals surface area contributed by atoms with Crippen LogP contribution in [0, 0.1) is 5.13 Å². The van der Waals surface area contributed by atoms with Crippen LogP contribution in [0.15, 0.2) is 11.2 Å². The summed E-state index contributed by atoms with van der Waals surface area (Å²) in [6.07, 6.45) is 2.25. The van der Waals surface area contributed by atoms with Gasteiger partial charge in [-0.15, -0.1) is 4.99 Å². The molecule has 0 bridgehead atoms. The first-order valence-electron chi connectivity index (χ1n) is 2.02. The lowest BCUT2D eigenvalue weighted by Crippen LogP contribution is -1.54. The fourth-order valence-electron chi connectivity index (χ4n) is 0.337. The normalized spacial score (nSPS) is 8.56. The van der Waals surface area contributed by atoms with E-state index >= 15 is 0 Å². The fraction of sp³-hybridized carbons (Fsp3) is 0. The van der Waals surface area contributed by atoms with Gasteiger partial charge in [-0.1, -0.05) is 11.3 Å². The van der Waals surface area contributed by atoms with Gasteiger partial charge in [0.2, 0.25) is 11.2 Å². The number of nitrogens with zero attached hydrogens (tertiary/aromatic N) is 2. The monoisotopic (exact) mass is 144 g/mol. The smallest absolute Gasteiger partial charge is 0.223 e. The summed E-state index contributed by atoms with van der Waals surface area (Å²) < 4.78 is 12.0. The van der Waals surface area contributed by atoms with Gasteiger partial charge in [-0.05, 0) is 0 Å². The molecule has 0 radical (unpaired) electrons. The van der Waals surface area contributed by atoms with Crippen molar-refractivity contribution < 1.29 is 9.18 Å². The Balaban J connectivity index is 2.97. The number of rotatable bonds is 1. The highest BCUT2D eigenvalue weighted by Gasteiger charge is 1.95. The summed E-state index contributed by atoms with van der Waals surface area (Å²) in [7, 11) is 0. The number of aromatic nitrogens is 1. The highest BCUT2D eigenvalue weighted by molar-refractivity contribution is 7.13. The fourth-order valence-corrected chi connectivity index (χ4v) is 0.805. The molecule has 0 aliphatic carbocycles. The number of carbonyl (C=O) groups excluding carboxylic acids is 1. The number of hydrogen-bond acceptors (Lipinski definition) is 4. The predicted molar refractivity (Wildman–Crippen MR) is 29.9 cm³/mol. The van der Waals surface area contributed by atoms with E-state index in [1.54, 1.807) is 0 Å². The first-order valence-corrected chi connectivity index (χ1v) is 2.84. The van der Waals surface area contributed by atoms with Gasteiger partial charge in [0.15, 0.2) is 5.13 Å². The van der Waals surface area contributed by atoms with Crippen molar-refractivity contribution in [3.8, 4) is 0 Å². The predicted octanol–water partition coefficient (Wildman–Crippen LogP) is 1.25. The molecule has 0 fully saturated rings. The molecular weight excluding hydrogens is 143 g/mol. The Morgan fingerprint density at radius 3 is 3.11 bits per heavy atom. The van der Waals surface area contributed by atoms with Crippen molar-refractivity contribution in [1.29, 1.82) is 0 Å². The largest absolute Gasteiger partial charge is 0.242 e. The molecule has 5 heteroatoms. The third kappa shape index (κ3) is 1.42. The minimum atomic E-state index is -0.455. The van der Waals surface area contributed by atoms with Crippen molar-refractivity contribution in [1.82, 2.24) is 4.98 Å². The lowest BCUT2D eigenvalue weighted by Gasteiger charge is -1.68. The van der Waals surface area contributed by atoms with Crippen LogP contribution in [0.4, 0.5) is 9.52 Å². The number of isocyanates is 1. The second kappa shape index (κ2) is 2.48. The van der Waals surface area contributed by atoms with Crippen LogP contribution in [0.5, 0.6) is 0 Å². The van der Waals surface area contributed by atoms with E-state index in [4.69, 9.17) is 0 Å². The van der Waals surface area contributed by atoms with E-state index in [0.717, 1.165) is 6.20 Å². The molecule has 1 aromatic heterocycles. The van der Waals surface area contributed by atoms with E-state index in [-0.39, 0.29) is 5.13 Å². The minimum Gasteiger partial charge on any atom is -0.223 e. The second-order valence-corrected chi connectivity index (χ2v) is 2.11. The molecule has 1 heterocycles. The maximum absolute atomic E-state index is 12.0. The van der Waals surface area contributed by atoms with Gasteiger partial charge in [0.05, 0.1) is 6.20 Å². The van der Waals surface area contributed by atoms with Crippen molar-refractivity contribution in [2.45, 2.75) is 0 Å². The van der Waals surface area contributed by atoms with Crippen molar-refractivity contribution in [3.63, 3.8) is 0 Å². The van der Waals surface area contributed by atoms with Crippen LogP contribution in [0.1, 0.15) is 0 Å². The minimum absolute atomic E-state index is 0.0995. The molecule has 0 N–H and O–H groups in total. The zero-order valence-electron chi connectivity index (χ0n) is 4.17. The Kier molecular flexibility index (Phi) is 1.67. The van der Waals surface area contributed by atoms with Crippen LogP contribution in [-0.4, -0.2) is 11.1 Å². The van der Waals surface area contributed by atoms with Crippen LogP contribution in [0.2, 0.25) is 0 Å². The topological polar surface area (TPSA) is 42.3 Å². The van der Waals surface area contributed by atoms with E-state index in [0.29, 0.717) is 11.3 Å². The molecule has 9 heavy (non-hydrogen) atoms. The molecule has 0 saturated heterocycles. The van der Waals surface area contributed by atoms with Crippen LogP contribution in [-0.2, 0) is 4.79 Å². The standard InChI is InChI=1S/C4HFN2OS/c5-3-1-6-4(9-3)7-2-8/h1H. The number of thiazole rings is 1. The van der Waals surface area contributed by atoms with Crippen LogP contribution in [0.3, 0.4) is 0 Å². The van der Waals surface area contributed by atoms with Gasteiger partial charge in [0.25, 0.3) is 0 Å². The first kappa shape index (κ1) is 6.07. The molecule has 0 amide bonds. The van der Waals surface area contributed by atoms with Gasteiger partial charge < -0.3 is 0 Å². The molecule has 0 aliphatic heterocycles. The molecule has 0 saturated carbocycles. The second-order valence-electron chi connectivity index (χ2n) is 1.15. The molecular formula is C4HFN2OS. The Bertz CT molecular complexity index is 253. The van der Waals surface area contributed by atoms with E-state index < -0.39 is 5.13 Å². The van der Waals surface area contributed by atoms with Crippen molar-refractivity contribution in [2.75, 3.05) is 0 Å². The quantitative estimate of drug-likeness (QED) is 0.439. The molecule has 0 spiro atoms. The lowest BCUT2D eigenvalue weighted by atomic mass is 11.0. The molecule has 0 unspecified atom stereocenters. The molecule has 3 nitrogen and oxygen atoms in total. The molecule has 0 atom stereocenters. The van der Waals surface area contributed by atoms with E-state index in [1.807, 2.05) is 0 Å². The zero-order chi connectivity index (χ0) is 6.69. The van der Waals surface area contributed by atoms with Gasteiger partial charge in [0, 0.05) is 0 Å². The summed E-state index contributed by atoms with van der Waals surface area (Å²) in [6.45, 7) is 0. The summed E-state index contributed by atoms with van der Waals surface area (Å²) in [5, 5.41) is -0.355. The summed E-state index contributed by atoms with van der Waals surface area (Å²) in [5.74, 6) is 0. The van der Waals surface area contributed by atoms with Crippen LogP contribution < -0.4 is 0 Å². The molecule has 1 aromatic rings. The van der Waals surface area contributed by atoms with Crippen molar-refractivity contribution in [2.24, 2.45) is 4.99 Å². The highest BCUT2D eigenvalue weighted by atomic mass is 32.1. The van der Waals surface area contributed by atoms with E-state index in [9.17, 15) is 9.18 Å². The van der Waals surface area contributed by atoms with Crippen LogP contribution >= 0.6 is 11.3 Å². The Morgan fingerprint density at radius 2 is 2.67 bits per heavy atom. The molecule has 1 rings (SSSR count). The number of aliphatic imine (C=N–C) groups is 1. The highest BCUT2D eigenvalue weighted by Crippen LogP contribution is 2.17.